The first-order chi connectivity index (χ1) is 19.8. The summed E-state index contributed by atoms with van der Waals surface area (Å²) in [6.07, 6.45) is 2.35. The van der Waals surface area contributed by atoms with Gasteiger partial charge in [-0.1, -0.05) is 45.9 Å². The topological polar surface area (TPSA) is 93.7 Å². The zero-order valence-electron chi connectivity index (χ0n) is 25.8. The molecule has 42 heavy (non-hydrogen) atoms. The van der Waals surface area contributed by atoms with E-state index >= 15 is 0 Å². The SMILES string of the molecule is CCOc1cc(C2C3=C(CC(C)(C)CC3=O)NC3=C2C(=O)CC(C)(C)C3)ccc1OCC(=O)Nc1cccc(C)c1C. The summed E-state index contributed by atoms with van der Waals surface area (Å²) in [4.78, 5) is 40.1. The van der Waals surface area contributed by atoms with Gasteiger partial charge in [0, 0.05) is 47.0 Å². The molecule has 1 amide bonds. The largest absolute Gasteiger partial charge is 0.490 e. The van der Waals surface area contributed by atoms with Crippen LogP contribution in [0.5, 0.6) is 11.5 Å². The second-order valence-corrected chi connectivity index (χ2v) is 13.4. The number of allylic oxidation sites excluding steroid dienone is 4. The molecule has 0 bridgehead atoms. The summed E-state index contributed by atoms with van der Waals surface area (Å²) >= 11 is 0. The van der Waals surface area contributed by atoms with E-state index in [9.17, 15) is 14.4 Å². The minimum absolute atomic E-state index is 0.0735. The Morgan fingerprint density at radius 2 is 1.50 bits per heavy atom. The fourth-order valence-corrected chi connectivity index (χ4v) is 6.53. The van der Waals surface area contributed by atoms with E-state index in [1.807, 2.05) is 51.1 Å². The maximum absolute atomic E-state index is 13.7. The van der Waals surface area contributed by atoms with Crippen molar-refractivity contribution in [1.29, 1.82) is 0 Å². The number of dihydropyridines is 1. The number of carbonyl (C=O) groups excluding carboxylic acids is 3. The van der Waals surface area contributed by atoms with Crippen LogP contribution in [0.1, 0.15) is 82.9 Å². The average Bonchev–Trinajstić information content (AvgIpc) is 2.88. The molecule has 0 radical (unpaired) electrons. The normalized spacial score (nSPS) is 19.6. The van der Waals surface area contributed by atoms with Crippen molar-refractivity contribution in [1.82, 2.24) is 5.32 Å². The number of rotatable bonds is 7. The van der Waals surface area contributed by atoms with Crippen LogP contribution in [0.15, 0.2) is 58.9 Å². The van der Waals surface area contributed by atoms with Gasteiger partial charge in [0.1, 0.15) is 0 Å². The van der Waals surface area contributed by atoms with E-state index in [4.69, 9.17) is 9.47 Å². The highest BCUT2D eigenvalue weighted by Crippen LogP contribution is 2.51. The minimum Gasteiger partial charge on any atom is -0.490 e. The summed E-state index contributed by atoms with van der Waals surface area (Å²) < 4.78 is 11.9. The van der Waals surface area contributed by atoms with Crippen LogP contribution in [0, 0.1) is 24.7 Å². The highest BCUT2D eigenvalue weighted by molar-refractivity contribution is 6.06. The van der Waals surface area contributed by atoms with Gasteiger partial charge in [-0.25, -0.2) is 0 Å². The maximum atomic E-state index is 13.7. The van der Waals surface area contributed by atoms with Crippen molar-refractivity contribution >= 4 is 23.2 Å². The number of benzene rings is 2. The predicted octanol–water partition coefficient (Wildman–Crippen LogP) is 6.69. The lowest BCUT2D eigenvalue weighted by Gasteiger charge is -2.44. The van der Waals surface area contributed by atoms with Crippen LogP contribution in [0.4, 0.5) is 5.69 Å². The van der Waals surface area contributed by atoms with Gasteiger partial charge in [-0.15, -0.1) is 0 Å². The first kappa shape index (κ1) is 29.6. The van der Waals surface area contributed by atoms with E-state index in [1.165, 1.54) is 0 Å². The molecule has 1 aliphatic heterocycles. The Labute approximate surface area is 248 Å². The molecule has 7 heteroatoms. The van der Waals surface area contributed by atoms with E-state index in [1.54, 1.807) is 6.07 Å². The molecule has 0 aromatic heterocycles. The number of amides is 1. The van der Waals surface area contributed by atoms with Crippen LogP contribution in [0.25, 0.3) is 0 Å². The molecule has 2 aromatic carbocycles. The summed E-state index contributed by atoms with van der Waals surface area (Å²) in [6, 6.07) is 11.3. The average molecular weight is 571 g/mol. The van der Waals surface area contributed by atoms with E-state index < -0.39 is 5.92 Å². The highest BCUT2D eigenvalue weighted by atomic mass is 16.5. The molecule has 1 heterocycles. The van der Waals surface area contributed by atoms with Crippen LogP contribution in [0.2, 0.25) is 0 Å². The number of anilines is 1. The third-order valence-electron chi connectivity index (χ3n) is 8.56. The van der Waals surface area contributed by atoms with E-state index in [-0.39, 0.29) is 34.9 Å². The van der Waals surface area contributed by atoms with Crippen molar-refractivity contribution in [3.8, 4) is 11.5 Å². The van der Waals surface area contributed by atoms with Gasteiger partial charge >= 0.3 is 0 Å². The van der Waals surface area contributed by atoms with Gasteiger partial charge in [-0.2, -0.15) is 0 Å². The zero-order chi connectivity index (χ0) is 30.4. The number of carbonyl (C=O) groups is 3. The Bertz CT molecular complexity index is 1480. The zero-order valence-corrected chi connectivity index (χ0v) is 25.8. The molecule has 0 spiro atoms. The molecule has 0 unspecified atom stereocenters. The molecular weight excluding hydrogens is 528 g/mol. The summed E-state index contributed by atoms with van der Waals surface area (Å²) in [6.45, 7) is 14.5. The molecule has 2 aliphatic carbocycles. The molecule has 0 saturated heterocycles. The van der Waals surface area contributed by atoms with Crippen molar-refractivity contribution in [2.45, 2.75) is 80.1 Å². The number of hydrogen-bond acceptors (Lipinski definition) is 6. The van der Waals surface area contributed by atoms with Gasteiger partial charge in [-0.05, 0) is 79.3 Å². The standard InChI is InChI=1S/C35H42N2O5/c1-8-41-29-14-22(12-13-28(29)42-19-30(40)37-23-11-9-10-20(2)21(23)3)31-32-24(15-34(4,5)17-26(32)38)36-25-16-35(6,7)18-27(39)33(25)31/h9-14,31,36H,8,15-19H2,1-7H3,(H,37,40). The minimum atomic E-state index is -0.468. The molecule has 0 saturated carbocycles. The Balaban J connectivity index is 1.48. The Morgan fingerprint density at radius 1 is 0.881 bits per heavy atom. The second kappa shape index (κ2) is 11.1. The molecular formula is C35H42N2O5. The fraction of sp³-hybridized carbons (Fsp3) is 0.457. The van der Waals surface area contributed by atoms with Crippen LogP contribution in [-0.4, -0.2) is 30.7 Å². The van der Waals surface area contributed by atoms with Crippen molar-refractivity contribution in [2.75, 3.05) is 18.5 Å². The van der Waals surface area contributed by atoms with Crippen molar-refractivity contribution < 1.29 is 23.9 Å². The van der Waals surface area contributed by atoms with Gasteiger partial charge in [0.15, 0.2) is 29.7 Å². The summed E-state index contributed by atoms with van der Waals surface area (Å²) in [7, 11) is 0. The van der Waals surface area contributed by atoms with Gasteiger partial charge in [0.2, 0.25) is 0 Å². The van der Waals surface area contributed by atoms with E-state index in [2.05, 4.69) is 38.3 Å². The van der Waals surface area contributed by atoms with E-state index in [0.717, 1.165) is 46.6 Å². The molecule has 2 aromatic rings. The van der Waals surface area contributed by atoms with Crippen molar-refractivity contribution in [3.63, 3.8) is 0 Å². The Morgan fingerprint density at radius 3 is 2.10 bits per heavy atom. The van der Waals surface area contributed by atoms with Crippen LogP contribution >= 0.6 is 0 Å². The second-order valence-electron chi connectivity index (χ2n) is 13.4. The highest BCUT2D eigenvalue weighted by Gasteiger charge is 2.46. The number of nitrogens with one attached hydrogen (secondary N) is 2. The third kappa shape index (κ3) is 5.87. The number of aryl methyl sites for hydroxylation is 1. The summed E-state index contributed by atoms with van der Waals surface area (Å²) in [5.41, 5.74) is 6.57. The number of hydrogen-bond donors (Lipinski definition) is 2. The van der Waals surface area contributed by atoms with Gasteiger partial charge in [-0.3, -0.25) is 14.4 Å². The van der Waals surface area contributed by atoms with Gasteiger partial charge in [0.05, 0.1) is 6.61 Å². The molecule has 3 aliphatic rings. The maximum Gasteiger partial charge on any atom is 0.262 e. The first-order valence-corrected chi connectivity index (χ1v) is 14.8. The number of ketones is 2. The van der Waals surface area contributed by atoms with Crippen molar-refractivity contribution in [2.24, 2.45) is 10.8 Å². The molecule has 2 N–H and O–H groups in total. The lowest BCUT2D eigenvalue weighted by Crippen LogP contribution is -2.42. The number of ether oxygens (including phenoxy) is 2. The Kier molecular flexibility index (Phi) is 7.82. The first-order valence-electron chi connectivity index (χ1n) is 14.8. The van der Waals surface area contributed by atoms with Gasteiger partial charge in [0.25, 0.3) is 5.91 Å². The van der Waals surface area contributed by atoms with Gasteiger partial charge < -0.3 is 20.1 Å². The monoisotopic (exact) mass is 570 g/mol. The quantitative estimate of drug-likeness (QED) is 0.385. The van der Waals surface area contributed by atoms with Crippen molar-refractivity contribution in [3.05, 3.63) is 75.6 Å². The van der Waals surface area contributed by atoms with E-state index in [0.29, 0.717) is 42.1 Å². The number of Topliss-reactive ketones (excluding diaryl/α,β-unsaturated/α-hetero) is 2. The molecule has 7 nitrogen and oxygen atoms in total. The van der Waals surface area contributed by atoms with Crippen LogP contribution in [-0.2, 0) is 14.4 Å². The predicted molar refractivity (Wildman–Crippen MR) is 164 cm³/mol. The third-order valence-corrected chi connectivity index (χ3v) is 8.56. The lowest BCUT2D eigenvalue weighted by molar-refractivity contribution is -0.119. The van der Waals surface area contributed by atoms with Crippen LogP contribution in [0.3, 0.4) is 0 Å². The summed E-state index contributed by atoms with van der Waals surface area (Å²) in [5, 5.41) is 6.48. The Hall–Kier alpha value is -3.87. The molecule has 5 rings (SSSR count). The molecule has 0 atom stereocenters. The lowest BCUT2D eigenvalue weighted by atomic mass is 9.64. The molecule has 222 valence electrons. The van der Waals surface area contributed by atoms with Crippen LogP contribution < -0.4 is 20.1 Å². The smallest absolute Gasteiger partial charge is 0.262 e. The summed E-state index contributed by atoms with van der Waals surface area (Å²) in [5.74, 6) is 0.313. The molecule has 0 fully saturated rings. The fourth-order valence-electron chi connectivity index (χ4n) is 6.53.